The predicted molar refractivity (Wildman–Crippen MR) is 56.8 cm³/mol. The average Bonchev–Trinajstić information content (AvgIpc) is 2.09. The highest BCUT2D eigenvalue weighted by atomic mass is 31.1. The Balaban J connectivity index is 0.000000461. The SMILES string of the molecule is CC.CPC1=C(C)CCCC1. The summed E-state index contributed by atoms with van der Waals surface area (Å²) in [6.07, 6.45) is 5.63. The first-order chi connectivity index (χ1) is 5.34. The maximum absolute atomic E-state index is 2.30. The molecule has 1 rings (SSSR count). The van der Waals surface area contributed by atoms with Gasteiger partial charge in [-0.3, -0.25) is 0 Å². The molecule has 0 N–H and O–H groups in total. The van der Waals surface area contributed by atoms with Gasteiger partial charge in [-0.2, -0.15) is 0 Å². The van der Waals surface area contributed by atoms with Crippen LogP contribution in [0.3, 0.4) is 0 Å². The number of allylic oxidation sites excluding steroid dienone is 2. The summed E-state index contributed by atoms with van der Waals surface area (Å²) in [5.74, 6) is 0. The van der Waals surface area contributed by atoms with Gasteiger partial charge in [-0.05, 0) is 39.3 Å². The van der Waals surface area contributed by atoms with Gasteiger partial charge >= 0.3 is 0 Å². The van der Waals surface area contributed by atoms with Crippen molar-refractivity contribution in [3.63, 3.8) is 0 Å². The molecule has 0 radical (unpaired) electrons. The maximum Gasteiger partial charge on any atom is -0.0278 e. The van der Waals surface area contributed by atoms with E-state index in [9.17, 15) is 0 Å². The molecule has 0 fully saturated rings. The summed E-state index contributed by atoms with van der Waals surface area (Å²) in [6.45, 7) is 8.59. The van der Waals surface area contributed by atoms with Crippen LogP contribution < -0.4 is 0 Å². The standard InChI is InChI=1S/C8H15P.C2H6/c1-7-5-3-4-6-8(7)9-2;1-2/h9H,3-6H2,1-2H3;1-2H3. The molecule has 0 saturated heterocycles. The summed E-state index contributed by atoms with van der Waals surface area (Å²) in [5, 5.41) is 1.75. The second-order valence-corrected chi connectivity index (χ2v) is 3.82. The molecule has 66 valence electrons. The molecule has 0 aromatic rings. The van der Waals surface area contributed by atoms with Gasteiger partial charge < -0.3 is 0 Å². The second-order valence-electron chi connectivity index (χ2n) is 2.72. The Kier molecular flexibility index (Phi) is 6.96. The van der Waals surface area contributed by atoms with E-state index in [1.54, 1.807) is 10.9 Å². The summed E-state index contributed by atoms with van der Waals surface area (Å²) in [6, 6.07) is 0. The van der Waals surface area contributed by atoms with Gasteiger partial charge in [0.05, 0.1) is 0 Å². The van der Waals surface area contributed by atoms with Gasteiger partial charge in [0.2, 0.25) is 0 Å². The fraction of sp³-hybridized carbons (Fsp3) is 0.800. The molecule has 1 heteroatoms. The zero-order chi connectivity index (χ0) is 8.69. The largest absolute Gasteiger partial charge is 0.0981 e. The summed E-state index contributed by atoms with van der Waals surface area (Å²) in [7, 11) is 1.07. The second kappa shape index (κ2) is 6.85. The third kappa shape index (κ3) is 3.91. The van der Waals surface area contributed by atoms with Gasteiger partial charge in [0.1, 0.15) is 0 Å². The van der Waals surface area contributed by atoms with E-state index in [0.717, 1.165) is 8.58 Å². The van der Waals surface area contributed by atoms with Gasteiger partial charge in [0.25, 0.3) is 0 Å². The average molecular weight is 172 g/mol. The van der Waals surface area contributed by atoms with E-state index in [4.69, 9.17) is 0 Å². The Labute approximate surface area is 73.2 Å². The Bertz CT molecular complexity index is 125. The van der Waals surface area contributed by atoms with Gasteiger partial charge in [-0.1, -0.05) is 33.3 Å². The lowest BCUT2D eigenvalue weighted by Crippen LogP contribution is -1.92. The molecule has 0 heterocycles. The van der Waals surface area contributed by atoms with Gasteiger partial charge in [-0.25, -0.2) is 0 Å². The fourth-order valence-corrected chi connectivity index (χ4v) is 2.37. The molecular weight excluding hydrogens is 151 g/mol. The van der Waals surface area contributed by atoms with Crippen molar-refractivity contribution in [3.8, 4) is 0 Å². The van der Waals surface area contributed by atoms with Crippen molar-refractivity contribution in [2.24, 2.45) is 0 Å². The quantitative estimate of drug-likeness (QED) is 0.521. The van der Waals surface area contributed by atoms with Crippen molar-refractivity contribution in [1.82, 2.24) is 0 Å². The number of hydrogen-bond acceptors (Lipinski definition) is 0. The molecule has 0 aromatic carbocycles. The van der Waals surface area contributed by atoms with Crippen molar-refractivity contribution >= 4 is 8.58 Å². The van der Waals surface area contributed by atoms with Crippen LogP contribution in [0.25, 0.3) is 0 Å². The van der Waals surface area contributed by atoms with E-state index < -0.39 is 0 Å². The summed E-state index contributed by atoms with van der Waals surface area (Å²) < 4.78 is 0. The van der Waals surface area contributed by atoms with Gasteiger partial charge in [0, 0.05) is 0 Å². The van der Waals surface area contributed by atoms with Crippen LogP contribution in [0.2, 0.25) is 0 Å². The normalized spacial score (nSPS) is 18.5. The van der Waals surface area contributed by atoms with Crippen LogP contribution in [0, 0.1) is 0 Å². The summed E-state index contributed by atoms with van der Waals surface area (Å²) in [4.78, 5) is 0. The highest BCUT2D eigenvalue weighted by Crippen LogP contribution is 2.34. The van der Waals surface area contributed by atoms with E-state index in [-0.39, 0.29) is 0 Å². The third-order valence-electron chi connectivity index (χ3n) is 2.05. The summed E-state index contributed by atoms with van der Waals surface area (Å²) in [5.41, 5.74) is 1.68. The molecule has 0 aliphatic heterocycles. The predicted octanol–water partition coefficient (Wildman–Crippen LogP) is 4.17. The molecule has 11 heavy (non-hydrogen) atoms. The number of rotatable bonds is 1. The minimum atomic E-state index is 1.07. The van der Waals surface area contributed by atoms with E-state index >= 15 is 0 Å². The molecule has 1 unspecified atom stereocenters. The number of hydrogen-bond donors (Lipinski definition) is 0. The van der Waals surface area contributed by atoms with Crippen molar-refractivity contribution in [1.29, 1.82) is 0 Å². The molecule has 0 bridgehead atoms. The van der Waals surface area contributed by atoms with Crippen LogP contribution in [-0.4, -0.2) is 6.66 Å². The van der Waals surface area contributed by atoms with Crippen LogP contribution in [-0.2, 0) is 0 Å². The van der Waals surface area contributed by atoms with E-state index in [2.05, 4.69) is 13.6 Å². The van der Waals surface area contributed by atoms with Gasteiger partial charge in [-0.15, -0.1) is 0 Å². The minimum Gasteiger partial charge on any atom is -0.0981 e. The fourth-order valence-electron chi connectivity index (χ4n) is 1.39. The summed E-state index contributed by atoms with van der Waals surface area (Å²) >= 11 is 0. The molecule has 0 saturated carbocycles. The highest BCUT2D eigenvalue weighted by Gasteiger charge is 2.05. The molecule has 0 nitrogen and oxygen atoms in total. The Morgan fingerprint density at radius 1 is 1.09 bits per heavy atom. The van der Waals surface area contributed by atoms with Gasteiger partial charge in [0.15, 0.2) is 0 Å². The Hall–Kier alpha value is 0.170. The smallest absolute Gasteiger partial charge is 0.0278 e. The van der Waals surface area contributed by atoms with Crippen LogP contribution in [0.4, 0.5) is 0 Å². The third-order valence-corrected chi connectivity index (χ3v) is 3.33. The maximum atomic E-state index is 2.30. The monoisotopic (exact) mass is 172 g/mol. The molecule has 0 amide bonds. The Morgan fingerprint density at radius 3 is 2.00 bits per heavy atom. The molecule has 1 atom stereocenters. The zero-order valence-electron chi connectivity index (χ0n) is 8.33. The van der Waals surface area contributed by atoms with Crippen molar-refractivity contribution in [2.75, 3.05) is 6.66 Å². The minimum absolute atomic E-state index is 1.07. The van der Waals surface area contributed by atoms with E-state index in [1.807, 2.05) is 13.8 Å². The first-order valence-electron chi connectivity index (χ1n) is 4.71. The first-order valence-corrected chi connectivity index (χ1v) is 6.21. The van der Waals surface area contributed by atoms with Crippen LogP contribution >= 0.6 is 8.58 Å². The molecule has 1 aliphatic rings. The topological polar surface area (TPSA) is 0 Å². The van der Waals surface area contributed by atoms with E-state index in [0.29, 0.717) is 0 Å². The molecule has 1 aliphatic carbocycles. The van der Waals surface area contributed by atoms with Crippen LogP contribution in [0.15, 0.2) is 10.9 Å². The Morgan fingerprint density at radius 2 is 1.64 bits per heavy atom. The zero-order valence-corrected chi connectivity index (χ0v) is 9.33. The lowest BCUT2D eigenvalue weighted by Gasteiger charge is -2.15. The highest BCUT2D eigenvalue weighted by molar-refractivity contribution is 7.42. The lowest BCUT2D eigenvalue weighted by atomic mass is 10.0. The first kappa shape index (κ1) is 11.2. The molecule has 0 spiro atoms. The van der Waals surface area contributed by atoms with E-state index in [1.165, 1.54) is 25.7 Å². The van der Waals surface area contributed by atoms with Crippen LogP contribution in [0.1, 0.15) is 46.5 Å². The van der Waals surface area contributed by atoms with Crippen molar-refractivity contribution < 1.29 is 0 Å². The van der Waals surface area contributed by atoms with Crippen LogP contribution in [0.5, 0.6) is 0 Å². The lowest BCUT2D eigenvalue weighted by molar-refractivity contribution is 0.694. The molecule has 0 aromatic heterocycles. The van der Waals surface area contributed by atoms with Crippen molar-refractivity contribution in [3.05, 3.63) is 10.9 Å². The van der Waals surface area contributed by atoms with Crippen molar-refractivity contribution in [2.45, 2.75) is 46.5 Å². The molecular formula is C10H21P.